The molecule has 1 heterocycles. The molecule has 0 unspecified atom stereocenters. The first-order valence-electron chi connectivity index (χ1n) is 7.78. The maximum atomic E-state index is 12.4. The lowest BCUT2D eigenvalue weighted by Gasteiger charge is -2.07. The Morgan fingerprint density at radius 3 is 2.35 bits per heavy atom. The summed E-state index contributed by atoms with van der Waals surface area (Å²) in [7, 11) is 1.55. The van der Waals surface area contributed by atoms with Gasteiger partial charge in [0.25, 0.3) is 5.91 Å². The number of amides is 1. The van der Waals surface area contributed by atoms with E-state index >= 15 is 0 Å². The Morgan fingerprint density at radius 2 is 1.73 bits per heavy atom. The van der Waals surface area contributed by atoms with Gasteiger partial charge < -0.3 is 10.1 Å². The SMILES string of the molecule is Cc1c([N+](=O)[O-])c(C(=O)Nc2ccc(Oc3ccccc3)cc2)nn1C. The van der Waals surface area contributed by atoms with Crippen molar-refractivity contribution in [2.24, 2.45) is 7.05 Å². The number of nitrogens with zero attached hydrogens (tertiary/aromatic N) is 3. The normalized spacial score (nSPS) is 10.4. The molecule has 0 atom stereocenters. The van der Waals surface area contributed by atoms with Crippen LogP contribution in [0.1, 0.15) is 16.2 Å². The fourth-order valence-corrected chi connectivity index (χ4v) is 2.39. The third-order valence-electron chi connectivity index (χ3n) is 3.79. The third kappa shape index (κ3) is 3.54. The number of aromatic nitrogens is 2. The lowest BCUT2D eigenvalue weighted by molar-refractivity contribution is -0.385. The molecule has 132 valence electrons. The van der Waals surface area contributed by atoms with Crippen LogP contribution in [0.15, 0.2) is 54.6 Å². The number of hydrogen-bond donors (Lipinski definition) is 1. The monoisotopic (exact) mass is 352 g/mol. The van der Waals surface area contributed by atoms with Gasteiger partial charge in [-0.3, -0.25) is 19.6 Å². The summed E-state index contributed by atoms with van der Waals surface area (Å²) in [5.41, 5.74) is 0.272. The second-order valence-electron chi connectivity index (χ2n) is 5.56. The van der Waals surface area contributed by atoms with Crippen molar-refractivity contribution in [2.75, 3.05) is 5.32 Å². The van der Waals surface area contributed by atoms with E-state index in [1.165, 1.54) is 11.6 Å². The fourth-order valence-electron chi connectivity index (χ4n) is 2.39. The zero-order chi connectivity index (χ0) is 18.7. The molecule has 26 heavy (non-hydrogen) atoms. The summed E-state index contributed by atoms with van der Waals surface area (Å²) in [5.74, 6) is 0.662. The number of nitro groups is 1. The van der Waals surface area contributed by atoms with Gasteiger partial charge in [-0.2, -0.15) is 5.10 Å². The van der Waals surface area contributed by atoms with Gasteiger partial charge in [-0.1, -0.05) is 18.2 Å². The Hall–Kier alpha value is -3.68. The van der Waals surface area contributed by atoms with Crippen LogP contribution in [0.5, 0.6) is 11.5 Å². The summed E-state index contributed by atoms with van der Waals surface area (Å²) >= 11 is 0. The van der Waals surface area contributed by atoms with Gasteiger partial charge in [-0.25, -0.2) is 0 Å². The number of benzene rings is 2. The smallest absolute Gasteiger partial charge is 0.322 e. The number of aryl methyl sites for hydroxylation is 1. The second kappa shape index (κ2) is 7.06. The summed E-state index contributed by atoms with van der Waals surface area (Å²) < 4.78 is 6.98. The molecule has 0 spiro atoms. The number of anilines is 1. The van der Waals surface area contributed by atoms with Crippen molar-refractivity contribution in [3.8, 4) is 11.5 Å². The van der Waals surface area contributed by atoms with Gasteiger partial charge in [0.2, 0.25) is 5.69 Å². The summed E-state index contributed by atoms with van der Waals surface area (Å²) in [6, 6.07) is 16.0. The Labute approximate surface area is 149 Å². The number of rotatable bonds is 5. The number of carbonyl (C=O) groups is 1. The molecule has 1 aromatic heterocycles. The number of carbonyl (C=O) groups excluding carboxylic acids is 1. The van der Waals surface area contributed by atoms with Crippen molar-refractivity contribution in [1.29, 1.82) is 0 Å². The van der Waals surface area contributed by atoms with E-state index in [1.807, 2.05) is 30.3 Å². The zero-order valence-corrected chi connectivity index (χ0v) is 14.2. The van der Waals surface area contributed by atoms with E-state index in [0.717, 1.165) is 0 Å². The highest BCUT2D eigenvalue weighted by molar-refractivity contribution is 6.05. The van der Waals surface area contributed by atoms with E-state index in [9.17, 15) is 14.9 Å². The first-order chi connectivity index (χ1) is 12.5. The Balaban J connectivity index is 1.74. The van der Waals surface area contributed by atoms with E-state index in [4.69, 9.17) is 4.74 Å². The maximum absolute atomic E-state index is 12.4. The lowest BCUT2D eigenvalue weighted by Crippen LogP contribution is -2.14. The average Bonchev–Trinajstić information content (AvgIpc) is 2.93. The summed E-state index contributed by atoms with van der Waals surface area (Å²) in [6.07, 6.45) is 0. The Morgan fingerprint density at radius 1 is 1.12 bits per heavy atom. The minimum atomic E-state index is -0.642. The predicted molar refractivity (Wildman–Crippen MR) is 95.5 cm³/mol. The second-order valence-corrected chi connectivity index (χ2v) is 5.56. The quantitative estimate of drug-likeness (QED) is 0.558. The van der Waals surface area contributed by atoms with Gasteiger partial charge in [-0.05, 0) is 43.3 Å². The van der Waals surface area contributed by atoms with E-state index in [2.05, 4.69) is 10.4 Å². The molecule has 1 N–H and O–H groups in total. The first kappa shape index (κ1) is 17.2. The summed E-state index contributed by atoms with van der Waals surface area (Å²) in [6.45, 7) is 1.54. The molecular weight excluding hydrogens is 336 g/mol. The highest BCUT2D eigenvalue weighted by Crippen LogP contribution is 2.25. The molecule has 8 nitrogen and oxygen atoms in total. The van der Waals surface area contributed by atoms with Crippen LogP contribution in [0, 0.1) is 17.0 Å². The number of hydrogen-bond acceptors (Lipinski definition) is 5. The lowest BCUT2D eigenvalue weighted by atomic mass is 10.2. The molecule has 1 amide bonds. The van der Waals surface area contributed by atoms with Gasteiger partial charge in [0.1, 0.15) is 17.2 Å². The van der Waals surface area contributed by atoms with Crippen molar-refractivity contribution in [3.05, 3.63) is 76.1 Å². The van der Waals surface area contributed by atoms with E-state index in [0.29, 0.717) is 22.9 Å². The molecule has 0 radical (unpaired) electrons. The van der Waals surface area contributed by atoms with Crippen LogP contribution in [-0.2, 0) is 7.05 Å². The molecule has 0 aliphatic carbocycles. The third-order valence-corrected chi connectivity index (χ3v) is 3.79. The topological polar surface area (TPSA) is 99.3 Å². The molecule has 0 aliphatic heterocycles. The molecule has 2 aromatic carbocycles. The van der Waals surface area contributed by atoms with Crippen molar-refractivity contribution in [1.82, 2.24) is 9.78 Å². The molecule has 0 saturated carbocycles. The molecule has 0 fully saturated rings. The van der Waals surface area contributed by atoms with Crippen LogP contribution in [-0.4, -0.2) is 20.6 Å². The van der Waals surface area contributed by atoms with E-state index < -0.39 is 10.8 Å². The van der Waals surface area contributed by atoms with E-state index in [1.54, 1.807) is 31.3 Å². The molecule has 3 rings (SSSR count). The Kier molecular flexibility index (Phi) is 4.66. The van der Waals surface area contributed by atoms with Gasteiger partial charge in [0.05, 0.1) is 4.92 Å². The predicted octanol–water partition coefficient (Wildman–Crippen LogP) is 3.68. The average molecular weight is 352 g/mol. The van der Waals surface area contributed by atoms with Crippen LogP contribution in [0.3, 0.4) is 0 Å². The number of ether oxygens (including phenoxy) is 1. The highest BCUT2D eigenvalue weighted by atomic mass is 16.6. The van der Waals surface area contributed by atoms with E-state index in [-0.39, 0.29) is 11.4 Å². The van der Waals surface area contributed by atoms with Gasteiger partial charge >= 0.3 is 5.69 Å². The van der Waals surface area contributed by atoms with Gasteiger partial charge in [0.15, 0.2) is 0 Å². The van der Waals surface area contributed by atoms with Crippen molar-refractivity contribution in [2.45, 2.75) is 6.92 Å². The molecular formula is C18H16N4O4. The largest absolute Gasteiger partial charge is 0.457 e. The van der Waals surface area contributed by atoms with Crippen LogP contribution in [0.25, 0.3) is 0 Å². The molecule has 0 saturated heterocycles. The van der Waals surface area contributed by atoms with Crippen molar-refractivity contribution >= 4 is 17.3 Å². The minimum Gasteiger partial charge on any atom is -0.457 e. The van der Waals surface area contributed by atoms with Gasteiger partial charge in [-0.15, -0.1) is 0 Å². The van der Waals surface area contributed by atoms with Crippen LogP contribution in [0.4, 0.5) is 11.4 Å². The number of nitrogens with one attached hydrogen (secondary N) is 1. The summed E-state index contributed by atoms with van der Waals surface area (Å²) in [4.78, 5) is 22.9. The van der Waals surface area contributed by atoms with Crippen LogP contribution >= 0.6 is 0 Å². The first-order valence-corrected chi connectivity index (χ1v) is 7.78. The standard InChI is InChI=1S/C18H16N4O4/c1-12-17(22(24)25)16(20-21(12)2)18(23)19-13-8-10-15(11-9-13)26-14-6-4-3-5-7-14/h3-11H,1-2H3,(H,19,23). The Bertz CT molecular complexity index is 949. The molecule has 3 aromatic rings. The zero-order valence-electron chi connectivity index (χ0n) is 14.2. The fraction of sp³-hybridized carbons (Fsp3) is 0.111. The molecule has 8 heteroatoms. The van der Waals surface area contributed by atoms with Crippen LogP contribution in [0.2, 0.25) is 0 Å². The van der Waals surface area contributed by atoms with Gasteiger partial charge in [0, 0.05) is 12.7 Å². The van der Waals surface area contributed by atoms with Crippen LogP contribution < -0.4 is 10.1 Å². The van der Waals surface area contributed by atoms with Crippen molar-refractivity contribution in [3.63, 3.8) is 0 Å². The summed E-state index contributed by atoms with van der Waals surface area (Å²) in [5, 5.41) is 17.7. The molecule has 0 aliphatic rings. The van der Waals surface area contributed by atoms with Crippen molar-refractivity contribution < 1.29 is 14.5 Å². The number of para-hydroxylation sites is 1. The molecule has 0 bridgehead atoms. The minimum absolute atomic E-state index is 0.223. The highest BCUT2D eigenvalue weighted by Gasteiger charge is 2.28. The maximum Gasteiger partial charge on any atom is 0.322 e.